The zero-order valence-electron chi connectivity index (χ0n) is 15.9. The van der Waals surface area contributed by atoms with Crippen molar-refractivity contribution in [2.45, 2.75) is 6.92 Å². The first-order valence-electron chi connectivity index (χ1n) is 9.12. The minimum atomic E-state index is -0.486. The second-order valence-corrected chi connectivity index (χ2v) is 6.15. The van der Waals surface area contributed by atoms with Crippen LogP contribution in [0.1, 0.15) is 22.8 Å². The summed E-state index contributed by atoms with van der Waals surface area (Å²) < 4.78 is 5.33. The summed E-state index contributed by atoms with van der Waals surface area (Å²) in [5.41, 5.74) is 3.26. The lowest BCUT2D eigenvalue weighted by molar-refractivity contribution is -0.120. The van der Waals surface area contributed by atoms with E-state index in [0.29, 0.717) is 23.5 Å². The predicted molar refractivity (Wildman–Crippen MR) is 111 cm³/mol. The van der Waals surface area contributed by atoms with Crippen molar-refractivity contribution >= 4 is 28.8 Å². The molecule has 3 N–H and O–H groups in total. The van der Waals surface area contributed by atoms with E-state index in [1.165, 1.54) is 6.21 Å². The second-order valence-electron chi connectivity index (χ2n) is 6.15. The van der Waals surface area contributed by atoms with Crippen LogP contribution in [0, 0.1) is 0 Å². The highest BCUT2D eigenvalue weighted by Crippen LogP contribution is 2.25. The Morgan fingerprint density at radius 1 is 1.07 bits per heavy atom. The largest absolute Gasteiger partial charge is 0.507 e. The Bertz CT molecular complexity index is 1050. The molecule has 29 heavy (non-hydrogen) atoms. The third-order valence-corrected chi connectivity index (χ3v) is 4.17. The normalized spacial score (nSPS) is 10.8. The average molecular weight is 391 g/mol. The lowest BCUT2D eigenvalue weighted by atomic mass is 10.0. The van der Waals surface area contributed by atoms with Crippen LogP contribution in [-0.2, 0) is 4.79 Å². The van der Waals surface area contributed by atoms with Crippen LogP contribution in [0.5, 0.6) is 11.5 Å². The number of hydrogen-bond acceptors (Lipinski definition) is 5. The summed E-state index contributed by atoms with van der Waals surface area (Å²) in [6, 6.07) is 17.5. The molecule has 0 saturated carbocycles. The average Bonchev–Trinajstić information content (AvgIpc) is 2.74. The van der Waals surface area contributed by atoms with Crippen LogP contribution in [0.25, 0.3) is 10.8 Å². The number of hydrazone groups is 1. The van der Waals surface area contributed by atoms with Crippen molar-refractivity contribution in [3.63, 3.8) is 0 Å². The van der Waals surface area contributed by atoms with Crippen molar-refractivity contribution in [1.29, 1.82) is 0 Å². The number of nitrogens with one attached hydrogen (secondary N) is 2. The summed E-state index contributed by atoms with van der Waals surface area (Å²) >= 11 is 0. The maximum absolute atomic E-state index is 12.1. The molecule has 0 saturated heterocycles. The summed E-state index contributed by atoms with van der Waals surface area (Å²) in [6.45, 7) is 2.19. The lowest BCUT2D eigenvalue weighted by Crippen LogP contribution is -2.34. The molecule has 0 aliphatic carbocycles. The van der Waals surface area contributed by atoms with Crippen molar-refractivity contribution in [2.24, 2.45) is 5.10 Å². The number of aromatic hydroxyl groups is 1. The number of benzene rings is 3. The van der Waals surface area contributed by atoms with Crippen molar-refractivity contribution < 1.29 is 19.4 Å². The highest BCUT2D eigenvalue weighted by atomic mass is 16.5. The summed E-state index contributed by atoms with van der Waals surface area (Å²) in [6.07, 6.45) is 1.38. The van der Waals surface area contributed by atoms with E-state index in [0.717, 1.165) is 10.8 Å². The summed E-state index contributed by atoms with van der Waals surface area (Å²) in [5.74, 6) is -0.127. The molecule has 148 valence electrons. The Labute approximate surface area is 168 Å². The number of carbonyl (C=O) groups is 2. The van der Waals surface area contributed by atoms with E-state index in [1.807, 2.05) is 31.2 Å². The number of hydrogen-bond donors (Lipinski definition) is 3. The van der Waals surface area contributed by atoms with Crippen LogP contribution < -0.4 is 15.5 Å². The Morgan fingerprint density at radius 2 is 1.83 bits per heavy atom. The topological polar surface area (TPSA) is 100 Å². The van der Waals surface area contributed by atoms with E-state index in [-0.39, 0.29) is 18.2 Å². The van der Waals surface area contributed by atoms with Gasteiger partial charge in [0.1, 0.15) is 11.5 Å². The van der Waals surface area contributed by atoms with Gasteiger partial charge in [0.05, 0.1) is 19.4 Å². The van der Waals surface area contributed by atoms with Crippen LogP contribution in [0.4, 0.5) is 0 Å². The van der Waals surface area contributed by atoms with Gasteiger partial charge in [-0.3, -0.25) is 9.59 Å². The molecule has 7 heteroatoms. The first-order chi connectivity index (χ1) is 14.1. The molecule has 0 aliphatic rings. The fourth-order valence-corrected chi connectivity index (χ4v) is 2.76. The fourth-order valence-electron chi connectivity index (χ4n) is 2.76. The third kappa shape index (κ3) is 5.10. The Morgan fingerprint density at radius 3 is 2.59 bits per heavy atom. The molecule has 3 rings (SSSR count). The van der Waals surface area contributed by atoms with E-state index < -0.39 is 5.91 Å². The summed E-state index contributed by atoms with van der Waals surface area (Å²) in [4.78, 5) is 24.0. The molecule has 0 aliphatic heterocycles. The third-order valence-electron chi connectivity index (χ3n) is 4.17. The molecule has 3 aromatic carbocycles. The van der Waals surface area contributed by atoms with Crippen LogP contribution >= 0.6 is 0 Å². The van der Waals surface area contributed by atoms with Gasteiger partial charge in [0, 0.05) is 11.1 Å². The fraction of sp³-hybridized carbons (Fsp3) is 0.136. The first kappa shape index (κ1) is 19.9. The zero-order chi connectivity index (χ0) is 20.6. The van der Waals surface area contributed by atoms with Gasteiger partial charge >= 0.3 is 0 Å². The molecule has 0 spiro atoms. The van der Waals surface area contributed by atoms with Gasteiger partial charge in [-0.2, -0.15) is 5.10 Å². The molecular weight excluding hydrogens is 370 g/mol. The maximum atomic E-state index is 12.1. The second kappa shape index (κ2) is 9.36. The van der Waals surface area contributed by atoms with Gasteiger partial charge in [-0.15, -0.1) is 0 Å². The number of rotatable bonds is 7. The molecule has 3 aromatic rings. The molecule has 2 amide bonds. The smallest absolute Gasteiger partial charge is 0.259 e. The SMILES string of the molecule is CCOc1ccc(C(=O)NCC(=O)N/N=C/c2c(O)ccc3ccccc23)cc1. The lowest BCUT2D eigenvalue weighted by Gasteiger charge is -2.07. The van der Waals surface area contributed by atoms with Crippen LogP contribution in [0.2, 0.25) is 0 Å². The van der Waals surface area contributed by atoms with Crippen molar-refractivity contribution in [3.8, 4) is 11.5 Å². The Hall–Kier alpha value is -3.87. The molecule has 0 fully saturated rings. The van der Waals surface area contributed by atoms with Gasteiger partial charge in [-0.1, -0.05) is 30.3 Å². The van der Waals surface area contributed by atoms with Gasteiger partial charge < -0.3 is 15.2 Å². The number of carbonyl (C=O) groups excluding carboxylic acids is 2. The molecular formula is C22H21N3O4. The van der Waals surface area contributed by atoms with Crippen LogP contribution in [0.15, 0.2) is 65.8 Å². The van der Waals surface area contributed by atoms with Gasteiger partial charge in [0.25, 0.3) is 11.8 Å². The van der Waals surface area contributed by atoms with E-state index >= 15 is 0 Å². The molecule has 0 unspecified atom stereocenters. The van der Waals surface area contributed by atoms with E-state index in [2.05, 4.69) is 15.8 Å². The van der Waals surface area contributed by atoms with E-state index in [1.54, 1.807) is 36.4 Å². The monoisotopic (exact) mass is 391 g/mol. The first-order valence-corrected chi connectivity index (χ1v) is 9.12. The highest BCUT2D eigenvalue weighted by molar-refractivity contribution is 6.02. The minimum Gasteiger partial charge on any atom is -0.507 e. The molecule has 0 heterocycles. The number of phenolic OH excluding ortho intramolecular Hbond substituents is 1. The molecule has 0 bridgehead atoms. The molecule has 0 atom stereocenters. The van der Waals surface area contributed by atoms with Crippen molar-refractivity contribution in [2.75, 3.05) is 13.2 Å². The predicted octanol–water partition coefficient (Wildman–Crippen LogP) is 2.82. The number of ether oxygens (including phenoxy) is 1. The van der Waals surface area contributed by atoms with Gasteiger partial charge in [-0.25, -0.2) is 5.43 Å². The number of amides is 2. The Kier molecular flexibility index (Phi) is 6.42. The molecule has 0 aromatic heterocycles. The van der Waals surface area contributed by atoms with E-state index in [4.69, 9.17) is 4.74 Å². The Balaban J connectivity index is 1.55. The number of nitrogens with zero attached hydrogens (tertiary/aromatic N) is 1. The quantitative estimate of drug-likeness (QED) is 0.426. The maximum Gasteiger partial charge on any atom is 0.259 e. The summed E-state index contributed by atoms with van der Waals surface area (Å²) in [5, 5.41) is 18.2. The van der Waals surface area contributed by atoms with Crippen LogP contribution in [0.3, 0.4) is 0 Å². The van der Waals surface area contributed by atoms with E-state index in [9.17, 15) is 14.7 Å². The van der Waals surface area contributed by atoms with Crippen LogP contribution in [-0.4, -0.2) is 36.3 Å². The van der Waals surface area contributed by atoms with Gasteiger partial charge in [0.2, 0.25) is 0 Å². The number of fused-ring (bicyclic) bond motifs is 1. The zero-order valence-corrected chi connectivity index (χ0v) is 15.9. The standard InChI is InChI=1S/C22H21N3O4/c1-2-29-17-10-7-16(8-11-17)22(28)23-14-21(27)25-24-13-19-18-6-4-3-5-15(18)9-12-20(19)26/h3-13,26H,2,14H2,1H3,(H,23,28)(H,25,27)/b24-13+. The highest BCUT2D eigenvalue weighted by Gasteiger charge is 2.08. The molecule has 7 nitrogen and oxygen atoms in total. The van der Waals surface area contributed by atoms with Gasteiger partial charge in [0.15, 0.2) is 0 Å². The number of phenols is 1. The van der Waals surface area contributed by atoms with Gasteiger partial charge in [-0.05, 0) is 48.0 Å². The summed E-state index contributed by atoms with van der Waals surface area (Å²) in [7, 11) is 0. The van der Waals surface area contributed by atoms with Crippen molar-refractivity contribution in [3.05, 3.63) is 71.8 Å². The van der Waals surface area contributed by atoms with Crippen molar-refractivity contribution in [1.82, 2.24) is 10.7 Å². The minimum absolute atomic E-state index is 0.0606. The molecule has 0 radical (unpaired) electrons.